The number of hydrogen-bond donors (Lipinski definition) is 0. The van der Waals surface area contributed by atoms with Gasteiger partial charge in [-0.2, -0.15) is 5.26 Å². The molecular formula is C14H16N2O4S. The quantitative estimate of drug-likeness (QED) is 0.771. The van der Waals surface area contributed by atoms with Crippen LogP contribution >= 0.6 is 0 Å². The van der Waals surface area contributed by atoms with Crippen LogP contribution in [0.2, 0.25) is 0 Å². The van der Waals surface area contributed by atoms with Gasteiger partial charge in [0.1, 0.15) is 0 Å². The van der Waals surface area contributed by atoms with Crippen molar-refractivity contribution in [3.05, 3.63) is 35.4 Å². The van der Waals surface area contributed by atoms with Gasteiger partial charge in [0, 0.05) is 13.1 Å². The molecule has 1 unspecified atom stereocenters. The summed E-state index contributed by atoms with van der Waals surface area (Å²) in [5, 5.41) is 8.72. The van der Waals surface area contributed by atoms with Crippen molar-refractivity contribution in [3.63, 3.8) is 0 Å². The van der Waals surface area contributed by atoms with E-state index < -0.39 is 10.0 Å². The Morgan fingerprint density at radius 1 is 1.43 bits per heavy atom. The van der Waals surface area contributed by atoms with Gasteiger partial charge in [-0.15, -0.1) is 0 Å². The molecule has 112 valence electrons. The van der Waals surface area contributed by atoms with Crippen molar-refractivity contribution in [1.82, 2.24) is 4.31 Å². The Hall–Kier alpha value is -1.91. The monoisotopic (exact) mass is 308 g/mol. The van der Waals surface area contributed by atoms with Crippen LogP contribution < -0.4 is 0 Å². The Balaban J connectivity index is 2.05. The molecule has 0 radical (unpaired) electrons. The van der Waals surface area contributed by atoms with E-state index in [4.69, 9.17) is 5.26 Å². The fourth-order valence-corrected chi connectivity index (χ4v) is 3.90. The van der Waals surface area contributed by atoms with Crippen molar-refractivity contribution in [2.45, 2.75) is 12.2 Å². The molecular weight excluding hydrogens is 292 g/mol. The summed E-state index contributed by atoms with van der Waals surface area (Å²) in [7, 11) is -2.16. The zero-order valence-corrected chi connectivity index (χ0v) is 12.5. The van der Waals surface area contributed by atoms with Crippen molar-refractivity contribution in [1.29, 1.82) is 5.26 Å². The summed E-state index contributed by atoms with van der Waals surface area (Å²) in [6.45, 7) is 0.504. The first kappa shape index (κ1) is 15.5. The lowest BCUT2D eigenvalue weighted by Gasteiger charge is -2.16. The molecule has 7 heteroatoms. The summed E-state index contributed by atoms with van der Waals surface area (Å²) in [6.07, 6.45) is 0.485. The Kier molecular flexibility index (Phi) is 4.60. The number of methoxy groups -OCH3 is 1. The molecule has 1 aliphatic rings. The number of nitriles is 1. The van der Waals surface area contributed by atoms with E-state index >= 15 is 0 Å². The Labute approximate surface area is 124 Å². The summed E-state index contributed by atoms with van der Waals surface area (Å²) in [6, 6.07) is 8.42. The summed E-state index contributed by atoms with van der Waals surface area (Å²) >= 11 is 0. The summed E-state index contributed by atoms with van der Waals surface area (Å²) < 4.78 is 30.6. The van der Waals surface area contributed by atoms with Crippen molar-refractivity contribution in [2.75, 3.05) is 20.2 Å². The van der Waals surface area contributed by atoms with Gasteiger partial charge < -0.3 is 4.74 Å². The topological polar surface area (TPSA) is 87.5 Å². The average molecular weight is 308 g/mol. The van der Waals surface area contributed by atoms with Gasteiger partial charge in [-0.05, 0) is 24.1 Å². The molecule has 0 aliphatic carbocycles. The molecule has 0 bridgehead atoms. The highest BCUT2D eigenvalue weighted by Crippen LogP contribution is 2.22. The highest BCUT2D eigenvalue weighted by molar-refractivity contribution is 7.88. The molecule has 0 N–H and O–H groups in total. The predicted octanol–water partition coefficient (Wildman–Crippen LogP) is 0.883. The molecule has 1 aliphatic heterocycles. The van der Waals surface area contributed by atoms with Crippen LogP contribution in [0.25, 0.3) is 0 Å². The Morgan fingerprint density at radius 2 is 2.10 bits per heavy atom. The molecule has 1 atom stereocenters. The largest absolute Gasteiger partial charge is 0.469 e. The standard InChI is InChI=1S/C14H16N2O4S/c1-20-14(17)13-6-7-16(9-13)21(18,19)10-12-4-2-11(8-15)3-5-12/h2-5,13H,6-7,9-10H2,1H3. The lowest BCUT2D eigenvalue weighted by molar-refractivity contribution is -0.144. The average Bonchev–Trinajstić information content (AvgIpc) is 2.97. The van der Waals surface area contributed by atoms with Gasteiger partial charge in [0.25, 0.3) is 0 Å². The summed E-state index contributed by atoms with van der Waals surface area (Å²) in [5.74, 6) is -0.885. The number of hydrogen-bond acceptors (Lipinski definition) is 5. The first-order chi connectivity index (χ1) is 9.96. The maximum absolute atomic E-state index is 12.3. The van der Waals surface area contributed by atoms with E-state index in [2.05, 4.69) is 4.74 Å². The molecule has 0 aromatic heterocycles. The van der Waals surface area contributed by atoms with Crippen LogP contribution in [0.15, 0.2) is 24.3 Å². The van der Waals surface area contributed by atoms with E-state index in [1.54, 1.807) is 24.3 Å². The number of benzene rings is 1. The molecule has 1 aromatic rings. The second-order valence-corrected chi connectivity index (χ2v) is 6.90. The first-order valence-corrected chi connectivity index (χ1v) is 8.12. The van der Waals surface area contributed by atoms with E-state index in [1.165, 1.54) is 11.4 Å². The van der Waals surface area contributed by atoms with E-state index in [9.17, 15) is 13.2 Å². The van der Waals surface area contributed by atoms with Gasteiger partial charge in [-0.25, -0.2) is 12.7 Å². The maximum Gasteiger partial charge on any atom is 0.310 e. The molecule has 1 heterocycles. The second kappa shape index (κ2) is 6.24. The molecule has 1 fully saturated rings. The van der Waals surface area contributed by atoms with Gasteiger partial charge in [0.2, 0.25) is 10.0 Å². The Bertz CT molecular complexity index is 661. The lowest BCUT2D eigenvalue weighted by atomic mass is 10.1. The third-order valence-electron chi connectivity index (χ3n) is 3.51. The number of ether oxygens (including phenoxy) is 1. The van der Waals surface area contributed by atoms with Crippen molar-refractivity contribution < 1.29 is 17.9 Å². The first-order valence-electron chi connectivity index (χ1n) is 6.51. The fraction of sp³-hybridized carbons (Fsp3) is 0.429. The zero-order chi connectivity index (χ0) is 15.5. The number of sulfonamides is 1. The molecule has 0 amide bonds. The smallest absolute Gasteiger partial charge is 0.310 e. The number of carbonyl (C=O) groups is 1. The minimum Gasteiger partial charge on any atom is -0.469 e. The molecule has 1 aromatic carbocycles. The third kappa shape index (κ3) is 3.60. The minimum absolute atomic E-state index is 0.132. The van der Waals surface area contributed by atoms with Gasteiger partial charge in [0.15, 0.2) is 0 Å². The van der Waals surface area contributed by atoms with E-state index in [-0.39, 0.29) is 24.2 Å². The van der Waals surface area contributed by atoms with E-state index in [0.29, 0.717) is 24.1 Å². The minimum atomic E-state index is -3.46. The van der Waals surface area contributed by atoms with Crippen LogP contribution in [0.3, 0.4) is 0 Å². The SMILES string of the molecule is COC(=O)C1CCN(S(=O)(=O)Cc2ccc(C#N)cc2)C1. The van der Waals surface area contributed by atoms with Gasteiger partial charge in [-0.3, -0.25) is 4.79 Å². The molecule has 1 saturated heterocycles. The van der Waals surface area contributed by atoms with Gasteiger partial charge in [0.05, 0.1) is 30.4 Å². The van der Waals surface area contributed by atoms with Gasteiger partial charge >= 0.3 is 5.97 Å². The van der Waals surface area contributed by atoms with Crippen molar-refractivity contribution >= 4 is 16.0 Å². The molecule has 21 heavy (non-hydrogen) atoms. The molecule has 0 spiro atoms. The predicted molar refractivity (Wildman–Crippen MR) is 75.5 cm³/mol. The summed E-state index contributed by atoms with van der Waals surface area (Å²) in [4.78, 5) is 11.4. The lowest BCUT2D eigenvalue weighted by Crippen LogP contribution is -2.31. The third-order valence-corrected chi connectivity index (χ3v) is 5.33. The number of nitrogens with zero attached hydrogens (tertiary/aromatic N) is 2. The highest BCUT2D eigenvalue weighted by Gasteiger charge is 2.35. The van der Waals surface area contributed by atoms with Crippen LogP contribution in [0.1, 0.15) is 17.5 Å². The van der Waals surface area contributed by atoms with Crippen LogP contribution in [-0.4, -0.2) is 38.9 Å². The van der Waals surface area contributed by atoms with Crippen LogP contribution in [0, 0.1) is 17.2 Å². The Morgan fingerprint density at radius 3 is 2.67 bits per heavy atom. The molecule has 2 rings (SSSR count). The zero-order valence-electron chi connectivity index (χ0n) is 11.7. The normalized spacial score (nSPS) is 19.1. The van der Waals surface area contributed by atoms with E-state index in [0.717, 1.165) is 0 Å². The van der Waals surface area contributed by atoms with Crippen molar-refractivity contribution in [2.24, 2.45) is 5.92 Å². The van der Waals surface area contributed by atoms with Gasteiger partial charge in [-0.1, -0.05) is 12.1 Å². The second-order valence-electron chi connectivity index (χ2n) is 4.93. The molecule has 6 nitrogen and oxygen atoms in total. The molecule has 0 saturated carbocycles. The fourth-order valence-electron chi connectivity index (χ4n) is 2.32. The number of rotatable bonds is 4. The van der Waals surface area contributed by atoms with Crippen LogP contribution in [0.4, 0.5) is 0 Å². The summed E-state index contributed by atoms with van der Waals surface area (Å²) in [5.41, 5.74) is 1.11. The van der Waals surface area contributed by atoms with E-state index in [1.807, 2.05) is 6.07 Å². The maximum atomic E-state index is 12.3. The number of carbonyl (C=O) groups excluding carboxylic acids is 1. The van der Waals surface area contributed by atoms with Crippen LogP contribution in [-0.2, 0) is 25.3 Å². The van der Waals surface area contributed by atoms with Crippen molar-refractivity contribution in [3.8, 4) is 6.07 Å². The number of esters is 1. The van der Waals surface area contributed by atoms with Crippen LogP contribution in [0.5, 0.6) is 0 Å². The highest BCUT2D eigenvalue weighted by atomic mass is 32.2.